The van der Waals surface area contributed by atoms with E-state index in [-0.39, 0.29) is 0 Å². The first-order valence-electron chi connectivity index (χ1n) is 30.0. The zero-order chi connectivity index (χ0) is 56.4. The van der Waals surface area contributed by atoms with Gasteiger partial charge in [-0.3, -0.25) is 0 Å². The van der Waals surface area contributed by atoms with E-state index in [2.05, 4.69) is 315 Å². The Morgan fingerprint density at radius 1 is 0.105 bits per heavy atom. The molecule has 0 saturated carbocycles. The number of benzene rings is 18. The fourth-order valence-corrected chi connectivity index (χ4v) is 14.8. The van der Waals surface area contributed by atoms with Gasteiger partial charge in [0, 0.05) is 0 Å². The van der Waals surface area contributed by atoms with Crippen LogP contribution in [-0.4, -0.2) is 0 Å². The Kier molecular flexibility index (Phi) is 10.8. The molecule has 0 unspecified atom stereocenters. The number of rotatable bonds is 6. The molecule has 0 radical (unpaired) electrons. The second-order valence-corrected chi connectivity index (χ2v) is 23.4. The van der Waals surface area contributed by atoms with Gasteiger partial charge in [0.15, 0.2) is 0 Å². The fraction of sp³-hybridized carbons (Fsp3) is 0. The third kappa shape index (κ3) is 7.57. The minimum absolute atomic E-state index is 1.18. The summed E-state index contributed by atoms with van der Waals surface area (Å²) in [6.07, 6.45) is 0. The topological polar surface area (TPSA) is 0 Å². The highest BCUT2D eigenvalue weighted by Crippen LogP contribution is 2.48. The molecule has 0 amide bonds. The smallest absolute Gasteiger partial charge is 0.00923 e. The van der Waals surface area contributed by atoms with Gasteiger partial charge in [-0.1, -0.05) is 243 Å². The van der Waals surface area contributed by atoms with Crippen molar-refractivity contribution in [2.24, 2.45) is 0 Å². The summed E-state index contributed by atoms with van der Waals surface area (Å²) in [5.41, 5.74) is 14.4. The summed E-state index contributed by atoms with van der Waals surface area (Å²) >= 11 is 0. The van der Waals surface area contributed by atoms with E-state index in [0.717, 1.165) is 0 Å². The van der Waals surface area contributed by atoms with Crippen LogP contribution in [0.5, 0.6) is 0 Å². The molecule has 0 heteroatoms. The zero-order valence-corrected chi connectivity index (χ0v) is 47.0. The van der Waals surface area contributed by atoms with E-state index in [9.17, 15) is 0 Å². The largest absolute Gasteiger partial charge is 0.0616 e. The van der Waals surface area contributed by atoms with Crippen LogP contribution in [0.2, 0.25) is 0 Å². The molecule has 0 N–H and O–H groups in total. The van der Waals surface area contributed by atoms with Crippen molar-refractivity contribution in [3.05, 3.63) is 315 Å². The summed E-state index contributed by atoms with van der Waals surface area (Å²) in [7, 11) is 0. The van der Waals surface area contributed by atoms with Gasteiger partial charge in [-0.15, -0.1) is 0 Å². The molecule has 0 aliphatic carbocycles. The van der Waals surface area contributed by atoms with Crippen molar-refractivity contribution in [3.63, 3.8) is 0 Å². The van der Waals surface area contributed by atoms with Gasteiger partial charge in [-0.2, -0.15) is 0 Å². The normalized spacial score (nSPS) is 12.0. The zero-order valence-electron chi connectivity index (χ0n) is 47.0. The van der Waals surface area contributed by atoms with Gasteiger partial charge in [0.1, 0.15) is 0 Å². The van der Waals surface area contributed by atoms with Gasteiger partial charge in [0.2, 0.25) is 0 Å². The molecule has 0 saturated heterocycles. The molecule has 0 nitrogen and oxygen atoms in total. The summed E-state index contributed by atoms with van der Waals surface area (Å²) in [5, 5.41) is 27.4. The Balaban J connectivity index is 0.914. The Hall–Kier alpha value is -11.2. The third-order valence-electron chi connectivity index (χ3n) is 18.7. The van der Waals surface area contributed by atoms with Crippen LogP contribution >= 0.6 is 0 Å². The predicted molar refractivity (Wildman–Crippen MR) is 372 cm³/mol. The Morgan fingerprint density at radius 3 is 0.465 bits per heavy atom. The first kappa shape index (κ1) is 48.4. The van der Waals surface area contributed by atoms with E-state index in [4.69, 9.17) is 0 Å². The van der Waals surface area contributed by atoms with Gasteiger partial charge in [0.25, 0.3) is 0 Å². The molecule has 0 aliphatic rings. The highest BCUT2D eigenvalue weighted by atomic mass is 14.2. The van der Waals surface area contributed by atoms with E-state index in [1.807, 2.05) is 0 Å². The van der Waals surface area contributed by atoms with Gasteiger partial charge in [-0.25, -0.2) is 0 Å². The van der Waals surface area contributed by atoms with E-state index in [1.165, 1.54) is 185 Å². The summed E-state index contributed by atoms with van der Waals surface area (Å²) in [4.78, 5) is 0. The van der Waals surface area contributed by atoms with Crippen LogP contribution in [0.25, 0.3) is 185 Å². The van der Waals surface area contributed by atoms with Crippen LogP contribution in [0, 0.1) is 0 Å². The number of fused-ring (bicyclic) bond motifs is 17. The second-order valence-electron chi connectivity index (χ2n) is 23.4. The lowest BCUT2D eigenvalue weighted by Gasteiger charge is -2.20. The Bertz CT molecular complexity index is 5260. The lowest BCUT2D eigenvalue weighted by Crippen LogP contribution is -1.93. The molecule has 0 aromatic heterocycles. The molecule has 0 atom stereocenters. The lowest BCUT2D eigenvalue weighted by molar-refractivity contribution is 1.62. The molecule has 0 aliphatic heterocycles. The molecular weight excluding hydrogens is 1030 g/mol. The van der Waals surface area contributed by atoms with E-state index in [1.54, 1.807) is 0 Å². The summed E-state index contributed by atoms with van der Waals surface area (Å²) in [6, 6.07) is 119. The molecule has 0 fully saturated rings. The van der Waals surface area contributed by atoms with Gasteiger partial charge >= 0.3 is 0 Å². The van der Waals surface area contributed by atoms with Crippen LogP contribution in [-0.2, 0) is 0 Å². The average Bonchev–Trinajstić information content (AvgIpc) is 1.21. The number of hydrogen-bond acceptors (Lipinski definition) is 0. The van der Waals surface area contributed by atoms with Crippen molar-refractivity contribution in [1.29, 1.82) is 0 Å². The van der Waals surface area contributed by atoms with Gasteiger partial charge in [0.05, 0.1) is 0 Å². The van der Waals surface area contributed by atoms with Crippen molar-refractivity contribution >= 4 is 118 Å². The SMILES string of the molecule is c1ccc2c(c1)cc(-c1cc(-c3cc4ccccc4c4ccccc34)cc(-c3cc4c5ccccc5c(-c5cc(-c6cc7ccccc7c7ccccc67)cc(-c6cc7ccccc7c7ccccc67)c5)cc4c4ccccc34)c1)c1ccccc12. The molecule has 86 heavy (non-hydrogen) atoms. The minimum atomic E-state index is 1.18. The van der Waals surface area contributed by atoms with Crippen molar-refractivity contribution in [2.75, 3.05) is 0 Å². The monoisotopic (exact) mass is 1080 g/mol. The van der Waals surface area contributed by atoms with Crippen molar-refractivity contribution in [2.45, 2.75) is 0 Å². The van der Waals surface area contributed by atoms with Crippen LogP contribution in [0.1, 0.15) is 0 Å². The standard InChI is InChI=1S/C86H52/c1-5-25-63-53(21-1)47-79(71-33-13-9-29-67(63)71)57-41-58(80-48-54-22-2-6-26-64(54)68-30-10-14-34-72(68)80)44-61(43-57)83-51-85-78-40-20-18-38-76(78)84(52-86(85)77-39-19-17-37-75(77)83)62-45-59(81-49-55-23-3-7-27-65(55)69-31-11-15-35-73(69)81)42-60(46-62)82-50-56-24-4-8-28-66(56)70-32-12-16-36-74(70)82/h1-52H. The van der Waals surface area contributed by atoms with Crippen molar-refractivity contribution < 1.29 is 0 Å². The highest BCUT2D eigenvalue weighted by molar-refractivity contribution is 6.25. The molecular formula is C86H52. The molecule has 0 heterocycles. The molecule has 18 rings (SSSR count). The molecule has 396 valence electrons. The van der Waals surface area contributed by atoms with Gasteiger partial charge in [-0.05, 0) is 258 Å². The molecule has 0 spiro atoms. The molecule has 0 bridgehead atoms. The Labute approximate surface area is 497 Å². The average molecular weight is 1090 g/mol. The first-order valence-corrected chi connectivity index (χ1v) is 30.0. The van der Waals surface area contributed by atoms with E-state index in [0.29, 0.717) is 0 Å². The quantitative estimate of drug-likeness (QED) is 0.146. The Morgan fingerprint density at radius 2 is 0.256 bits per heavy atom. The maximum Gasteiger partial charge on any atom is -0.00923 e. The van der Waals surface area contributed by atoms with Crippen LogP contribution in [0.15, 0.2) is 315 Å². The highest BCUT2D eigenvalue weighted by Gasteiger charge is 2.21. The lowest BCUT2D eigenvalue weighted by atomic mass is 9.84. The molecule has 18 aromatic carbocycles. The third-order valence-corrected chi connectivity index (χ3v) is 18.7. The van der Waals surface area contributed by atoms with Crippen LogP contribution in [0.3, 0.4) is 0 Å². The maximum absolute atomic E-state index is 2.51. The maximum atomic E-state index is 2.51. The van der Waals surface area contributed by atoms with Crippen molar-refractivity contribution in [3.8, 4) is 66.8 Å². The molecule has 18 aromatic rings. The number of hydrogen-bond donors (Lipinski definition) is 0. The van der Waals surface area contributed by atoms with Crippen molar-refractivity contribution in [1.82, 2.24) is 0 Å². The van der Waals surface area contributed by atoms with Gasteiger partial charge < -0.3 is 0 Å². The first-order chi connectivity index (χ1) is 42.6. The summed E-state index contributed by atoms with van der Waals surface area (Å²) in [5.74, 6) is 0. The van der Waals surface area contributed by atoms with E-state index >= 15 is 0 Å². The minimum Gasteiger partial charge on any atom is -0.0616 e. The summed E-state index contributed by atoms with van der Waals surface area (Å²) < 4.78 is 0. The van der Waals surface area contributed by atoms with Crippen LogP contribution in [0.4, 0.5) is 0 Å². The fourth-order valence-electron chi connectivity index (χ4n) is 14.8. The predicted octanol–water partition coefficient (Wildman–Crippen LogP) is 24.4. The second kappa shape index (κ2) is 19.2. The summed E-state index contributed by atoms with van der Waals surface area (Å²) in [6.45, 7) is 0. The van der Waals surface area contributed by atoms with Crippen LogP contribution < -0.4 is 0 Å². The van der Waals surface area contributed by atoms with E-state index < -0.39 is 0 Å².